The van der Waals surface area contributed by atoms with Crippen LogP contribution in [0, 0.1) is 55.4 Å². The minimum atomic E-state index is -1.41. The number of nitrogens with zero attached hydrogens (tertiary/aromatic N) is 2. The van der Waals surface area contributed by atoms with Gasteiger partial charge in [-0.2, -0.15) is 11.3 Å². The summed E-state index contributed by atoms with van der Waals surface area (Å²) in [6, 6.07) is 10.7. The van der Waals surface area contributed by atoms with Gasteiger partial charge in [0.25, 0.3) is 0 Å². The molecule has 1 aliphatic heterocycles. The Morgan fingerprint density at radius 3 is 1.91 bits per heavy atom. The van der Waals surface area contributed by atoms with Crippen molar-refractivity contribution in [1.29, 1.82) is 0 Å². The summed E-state index contributed by atoms with van der Waals surface area (Å²) in [7, 11) is -2.77. The number of aryl methyl sites for hydroxylation is 2. The van der Waals surface area contributed by atoms with Crippen LogP contribution >= 0.6 is 11.3 Å². The minimum Gasteiger partial charge on any atom is -0.512 e. The van der Waals surface area contributed by atoms with Gasteiger partial charge in [-0.25, -0.2) is 4.98 Å². The zero-order chi connectivity index (χ0) is 33.3. The Morgan fingerprint density at radius 2 is 1.40 bits per heavy atom. The van der Waals surface area contributed by atoms with Gasteiger partial charge < -0.3 is 5.11 Å². The Kier molecular flexibility index (Phi) is 13.8. The molecule has 0 unspecified atom stereocenters. The molecule has 4 rings (SSSR count). The van der Waals surface area contributed by atoms with Crippen molar-refractivity contribution in [2.24, 2.45) is 35.5 Å². The van der Waals surface area contributed by atoms with E-state index in [4.69, 9.17) is 9.97 Å². The van der Waals surface area contributed by atoms with Gasteiger partial charge in [0.1, 0.15) is 6.33 Å². The third-order valence-corrected chi connectivity index (χ3v) is 19.6. The van der Waals surface area contributed by atoms with E-state index in [0.29, 0.717) is 23.7 Å². The van der Waals surface area contributed by atoms with Gasteiger partial charge in [0, 0.05) is 48.4 Å². The second-order valence-corrected chi connectivity index (χ2v) is 26.6. The van der Waals surface area contributed by atoms with E-state index in [9.17, 15) is 9.90 Å². The van der Waals surface area contributed by atoms with Crippen LogP contribution in [0.2, 0.25) is 38.3 Å². The fraction of sp³-hybridized carbons (Fsp3) is 0.595. The number of benzene rings is 1. The number of allylic oxidation sites excluding steroid dienone is 2. The molecule has 2 aromatic heterocycles. The average Bonchev–Trinajstić information content (AvgIpc) is 3.28. The zero-order valence-corrected chi connectivity index (χ0v) is 35.4. The molecule has 0 fully saturated rings. The van der Waals surface area contributed by atoms with Gasteiger partial charge in [-0.05, 0) is 33.4 Å². The summed E-state index contributed by atoms with van der Waals surface area (Å²) < 4.78 is 2.98. The summed E-state index contributed by atoms with van der Waals surface area (Å²) in [5.41, 5.74) is 5.87. The number of carbonyl (C=O) groups is 1. The molecule has 3 heterocycles. The van der Waals surface area contributed by atoms with Crippen LogP contribution in [0.25, 0.3) is 21.5 Å². The average molecular weight is 842 g/mol. The molecular formula is C37H57IrN2O2SSi2-. The van der Waals surface area contributed by atoms with Crippen molar-refractivity contribution in [3.63, 3.8) is 0 Å². The first-order chi connectivity index (χ1) is 20.3. The Hall–Kier alpha value is -1.45. The van der Waals surface area contributed by atoms with Gasteiger partial charge in [-0.3, -0.25) is 9.78 Å². The molecule has 251 valence electrons. The molecule has 1 aliphatic rings. The number of aromatic nitrogens is 2. The fourth-order valence-corrected chi connectivity index (χ4v) is 20.8. The van der Waals surface area contributed by atoms with Gasteiger partial charge in [0.2, 0.25) is 0 Å². The summed E-state index contributed by atoms with van der Waals surface area (Å²) in [4.78, 5) is 21.8. The van der Waals surface area contributed by atoms with Gasteiger partial charge in [0.05, 0.1) is 27.4 Å². The van der Waals surface area contributed by atoms with E-state index in [1.165, 1.54) is 39.5 Å². The topological polar surface area (TPSA) is 63.1 Å². The van der Waals surface area contributed by atoms with Gasteiger partial charge in [-0.1, -0.05) is 108 Å². The first kappa shape index (κ1) is 39.7. The maximum atomic E-state index is 12.3. The zero-order valence-electron chi connectivity index (χ0n) is 30.2. The molecule has 0 aliphatic carbocycles. The summed E-state index contributed by atoms with van der Waals surface area (Å²) in [6.07, 6.45) is 3.25. The van der Waals surface area contributed by atoms with Gasteiger partial charge in [0.15, 0.2) is 5.78 Å². The van der Waals surface area contributed by atoms with Crippen LogP contribution in [0.4, 0.5) is 0 Å². The van der Waals surface area contributed by atoms with Crippen molar-refractivity contribution >= 4 is 53.2 Å². The first-order valence-electron chi connectivity index (χ1n) is 16.5. The summed E-state index contributed by atoms with van der Waals surface area (Å²) in [5.74, 6) is 1.63. The van der Waals surface area contributed by atoms with Gasteiger partial charge >= 0.3 is 0 Å². The smallest absolute Gasteiger partial charge is 0.162 e. The molecule has 1 N–H and O–H groups in total. The number of carbonyl (C=O) groups excluding carboxylic acids is 1. The largest absolute Gasteiger partial charge is 0.512 e. The number of rotatable bonds is 8. The Morgan fingerprint density at radius 1 is 0.867 bits per heavy atom. The molecule has 0 amide bonds. The second-order valence-electron chi connectivity index (χ2n) is 15.7. The molecule has 0 bridgehead atoms. The monoisotopic (exact) mass is 842 g/mol. The van der Waals surface area contributed by atoms with Crippen LogP contribution in [-0.2, 0) is 24.9 Å². The van der Waals surface area contributed by atoms with Crippen LogP contribution in [-0.4, -0.2) is 37.0 Å². The van der Waals surface area contributed by atoms with Crippen LogP contribution in [0.1, 0.15) is 66.5 Å². The van der Waals surface area contributed by atoms with Gasteiger partial charge in [-0.15, -0.1) is 34.9 Å². The van der Waals surface area contributed by atoms with Crippen molar-refractivity contribution in [3.8, 4) is 11.3 Å². The van der Waals surface area contributed by atoms with Crippen molar-refractivity contribution in [2.45, 2.75) is 108 Å². The molecule has 8 heteroatoms. The number of aliphatic hydroxyl groups is 1. The quantitative estimate of drug-likeness (QED) is 0.106. The number of fused-ring (bicyclic) bond motifs is 3. The predicted molar refractivity (Wildman–Crippen MR) is 197 cm³/mol. The summed E-state index contributed by atoms with van der Waals surface area (Å²) in [5, 5.41) is 11.9. The summed E-state index contributed by atoms with van der Waals surface area (Å²) >= 11 is 1.99. The maximum absolute atomic E-state index is 12.3. The summed E-state index contributed by atoms with van der Waals surface area (Å²) in [6.45, 7) is 31.0. The molecule has 45 heavy (non-hydrogen) atoms. The van der Waals surface area contributed by atoms with Crippen LogP contribution in [0.15, 0.2) is 30.3 Å². The number of ketones is 1. The van der Waals surface area contributed by atoms with Crippen molar-refractivity contribution in [3.05, 3.63) is 47.5 Å². The Bertz CT molecular complexity index is 1470. The van der Waals surface area contributed by atoms with E-state index in [1.807, 2.05) is 11.3 Å². The second kappa shape index (κ2) is 15.6. The minimum absolute atomic E-state index is 0. The third kappa shape index (κ3) is 9.13. The number of hydrogen-bond donors (Lipinski definition) is 1. The number of hydrogen-bond acceptors (Lipinski definition) is 5. The van der Waals surface area contributed by atoms with Crippen molar-refractivity contribution < 1.29 is 30.0 Å². The van der Waals surface area contributed by atoms with Crippen molar-refractivity contribution in [1.82, 2.24) is 9.97 Å². The van der Waals surface area contributed by atoms with E-state index in [1.54, 1.807) is 16.0 Å². The standard InChI is InChI=1S/C20H25N2SSi2.C17H32O2.Ir/c1-13-9-14(2)11-15(10-13)16-18-17(22-12-21-16)19-20(23-18)25(5,6)8-7-24(19,3)4;1-10(2)16(11(3)4)14(18)9-15(19)17(12(5)6)13(7)8;/h9-10,12H,7-8H2,1-6H3;9-13,16-18H,1-8H3;/q-1;;/b;14-9-;. The normalized spacial score (nSPS) is 16.0. The molecule has 4 nitrogen and oxygen atoms in total. The van der Waals surface area contributed by atoms with E-state index >= 15 is 0 Å². The Balaban J connectivity index is 0.000000321. The molecule has 3 aromatic rings. The predicted octanol–water partition coefficient (Wildman–Crippen LogP) is 9.47. The molecular weight excluding hydrogens is 785 g/mol. The number of thiophene rings is 1. The molecule has 0 atom stereocenters. The van der Waals surface area contributed by atoms with Crippen molar-refractivity contribution in [2.75, 3.05) is 0 Å². The van der Waals surface area contributed by atoms with E-state index < -0.39 is 16.1 Å². The molecule has 0 saturated carbocycles. The molecule has 1 radical (unpaired) electrons. The Labute approximate surface area is 293 Å². The molecule has 0 spiro atoms. The van der Waals surface area contributed by atoms with Crippen LogP contribution in [0.5, 0.6) is 0 Å². The van der Waals surface area contributed by atoms with Crippen LogP contribution < -0.4 is 9.69 Å². The third-order valence-electron chi connectivity index (χ3n) is 9.37. The van der Waals surface area contributed by atoms with E-state index in [0.717, 1.165) is 11.3 Å². The van der Waals surface area contributed by atoms with E-state index in [2.05, 4.69) is 114 Å². The SMILES string of the molecule is CC(C)C(C(=O)/C=C(\O)C(C(C)C)C(C)C)C(C)C.Cc1[c-]c(-c2ncnc3c4c(sc23)[Si](C)(C)CC[Si]4(C)C)cc(C)c1.[Ir]. The maximum Gasteiger partial charge on any atom is 0.162 e. The van der Waals surface area contributed by atoms with Crippen LogP contribution in [0.3, 0.4) is 0 Å². The number of aliphatic hydroxyl groups excluding tert-OH is 1. The molecule has 0 saturated heterocycles. The first-order valence-corrected chi connectivity index (χ1v) is 23.7. The van der Waals surface area contributed by atoms with E-state index in [-0.39, 0.29) is 43.5 Å². The fourth-order valence-electron chi connectivity index (χ4n) is 7.31. The molecule has 1 aromatic carbocycles.